The van der Waals surface area contributed by atoms with E-state index in [1.807, 2.05) is 32.3 Å². The van der Waals surface area contributed by atoms with Crippen molar-refractivity contribution in [2.75, 3.05) is 51.4 Å². The molecule has 2 aromatic rings. The highest BCUT2D eigenvalue weighted by atomic mass is 16.5. The van der Waals surface area contributed by atoms with Crippen LogP contribution in [0, 0.1) is 0 Å². The Balaban J connectivity index is 1.75. The number of aromatic amines is 1. The Hall–Kier alpha value is -1.79. The van der Waals surface area contributed by atoms with Crippen LogP contribution in [0.1, 0.15) is 0 Å². The second kappa shape index (κ2) is 6.40. The summed E-state index contributed by atoms with van der Waals surface area (Å²) in [5.41, 5.74) is 8.30. The van der Waals surface area contributed by atoms with E-state index in [0.717, 1.165) is 42.4 Å². The lowest BCUT2D eigenvalue weighted by molar-refractivity contribution is 0.126. The van der Waals surface area contributed by atoms with Gasteiger partial charge < -0.3 is 25.7 Å². The first-order valence-electron chi connectivity index (χ1n) is 6.37. The molecule has 6 heteroatoms. The summed E-state index contributed by atoms with van der Waals surface area (Å²) >= 11 is 0. The molecular weight excluding hydrogens is 242 g/mol. The fraction of sp³-hybridized carbons (Fsp3) is 0.462. The zero-order chi connectivity index (χ0) is 13.7. The summed E-state index contributed by atoms with van der Waals surface area (Å²) in [6, 6.07) is 5.62. The van der Waals surface area contributed by atoms with Crippen LogP contribution in [0.2, 0.25) is 0 Å². The molecule has 1 aromatic carbocycles. The van der Waals surface area contributed by atoms with Crippen molar-refractivity contribution < 1.29 is 4.74 Å². The molecule has 1 heterocycles. The van der Waals surface area contributed by atoms with Gasteiger partial charge in [0.25, 0.3) is 0 Å². The Bertz CT molecular complexity index is 523. The van der Waals surface area contributed by atoms with Crippen molar-refractivity contribution in [3.05, 3.63) is 18.2 Å². The minimum atomic E-state index is 0.660. The van der Waals surface area contributed by atoms with Crippen LogP contribution < -0.4 is 11.1 Å². The van der Waals surface area contributed by atoms with Gasteiger partial charge in [-0.15, -0.1) is 0 Å². The van der Waals surface area contributed by atoms with Crippen molar-refractivity contribution in [3.8, 4) is 0 Å². The molecule has 1 aromatic heterocycles. The monoisotopic (exact) mass is 263 g/mol. The van der Waals surface area contributed by atoms with E-state index in [1.54, 1.807) is 0 Å². The molecule has 6 nitrogen and oxygen atoms in total. The number of anilines is 2. The minimum Gasteiger partial charge on any atom is -0.399 e. The molecule has 0 aliphatic heterocycles. The quantitative estimate of drug-likeness (QED) is 0.515. The topological polar surface area (TPSA) is 79.2 Å². The van der Waals surface area contributed by atoms with Crippen molar-refractivity contribution in [2.45, 2.75) is 0 Å². The molecule has 0 bridgehead atoms. The van der Waals surface area contributed by atoms with Gasteiger partial charge in [0.15, 0.2) is 0 Å². The first-order chi connectivity index (χ1) is 9.15. The van der Waals surface area contributed by atoms with Crippen LogP contribution in [-0.2, 0) is 4.74 Å². The summed E-state index contributed by atoms with van der Waals surface area (Å²) in [4.78, 5) is 9.69. The first kappa shape index (κ1) is 13.6. The van der Waals surface area contributed by atoms with Crippen LogP contribution >= 0.6 is 0 Å². The molecule has 0 radical (unpaired) electrons. The molecule has 0 aliphatic rings. The fourth-order valence-electron chi connectivity index (χ4n) is 1.70. The van der Waals surface area contributed by atoms with Crippen molar-refractivity contribution in [3.63, 3.8) is 0 Å². The number of hydrogen-bond acceptors (Lipinski definition) is 5. The molecule has 19 heavy (non-hydrogen) atoms. The molecule has 0 spiro atoms. The number of rotatable bonds is 7. The molecule has 0 saturated heterocycles. The van der Waals surface area contributed by atoms with Gasteiger partial charge in [-0.25, -0.2) is 4.98 Å². The van der Waals surface area contributed by atoms with E-state index < -0.39 is 0 Å². The van der Waals surface area contributed by atoms with Gasteiger partial charge in [-0.05, 0) is 32.3 Å². The van der Waals surface area contributed by atoms with E-state index in [2.05, 4.69) is 20.2 Å². The van der Waals surface area contributed by atoms with E-state index in [9.17, 15) is 0 Å². The summed E-state index contributed by atoms with van der Waals surface area (Å²) in [6.45, 7) is 3.06. The van der Waals surface area contributed by atoms with Crippen LogP contribution in [0.3, 0.4) is 0 Å². The highest BCUT2D eigenvalue weighted by Crippen LogP contribution is 2.16. The number of fused-ring (bicyclic) bond motifs is 1. The van der Waals surface area contributed by atoms with E-state index in [4.69, 9.17) is 10.5 Å². The third kappa shape index (κ3) is 4.11. The van der Waals surface area contributed by atoms with Gasteiger partial charge >= 0.3 is 0 Å². The Morgan fingerprint density at radius 2 is 2.21 bits per heavy atom. The molecular formula is C13H21N5O. The molecule has 4 N–H and O–H groups in total. The number of imidazole rings is 1. The normalized spacial score (nSPS) is 11.3. The summed E-state index contributed by atoms with van der Waals surface area (Å²) in [5.74, 6) is 0.747. The Morgan fingerprint density at radius 3 is 3.00 bits per heavy atom. The highest BCUT2D eigenvalue weighted by Gasteiger charge is 2.02. The van der Waals surface area contributed by atoms with Gasteiger partial charge in [0.2, 0.25) is 5.95 Å². The van der Waals surface area contributed by atoms with Gasteiger partial charge in [0.05, 0.1) is 24.2 Å². The number of nitrogen functional groups attached to an aromatic ring is 1. The Labute approximate surface area is 112 Å². The number of ether oxygens (including phenoxy) is 1. The lowest BCUT2D eigenvalue weighted by atomic mass is 10.3. The van der Waals surface area contributed by atoms with Gasteiger partial charge in [0.1, 0.15) is 0 Å². The van der Waals surface area contributed by atoms with Crippen molar-refractivity contribution in [2.24, 2.45) is 0 Å². The van der Waals surface area contributed by atoms with Crippen LogP contribution in [0.25, 0.3) is 11.0 Å². The standard InChI is InChI=1S/C13H21N5O/c1-18(2)6-8-19-7-5-15-13-16-11-4-3-10(14)9-12(11)17-13/h3-4,9H,5-8,14H2,1-2H3,(H2,15,16,17). The van der Waals surface area contributed by atoms with Crippen molar-refractivity contribution in [1.29, 1.82) is 0 Å². The number of likely N-dealkylation sites (N-methyl/N-ethyl adjacent to an activating group) is 1. The summed E-state index contributed by atoms with van der Waals surface area (Å²) in [6.07, 6.45) is 0. The summed E-state index contributed by atoms with van der Waals surface area (Å²) < 4.78 is 5.49. The third-order valence-electron chi connectivity index (χ3n) is 2.73. The predicted octanol–water partition coefficient (Wildman–Crippen LogP) is 1.14. The number of hydrogen-bond donors (Lipinski definition) is 3. The molecule has 104 valence electrons. The highest BCUT2D eigenvalue weighted by molar-refractivity contribution is 5.80. The third-order valence-corrected chi connectivity index (χ3v) is 2.73. The average Bonchev–Trinajstić information content (AvgIpc) is 2.75. The number of benzene rings is 1. The maximum absolute atomic E-state index is 5.72. The SMILES string of the molecule is CN(C)CCOCCNc1nc2ccc(N)cc2[nH]1. The number of nitrogens with zero attached hydrogens (tertiary/aromatic N) is 2. The predicted molar refractivity (Wildman–Crippen MR) is 78.4 cm³/mol. The number of aromatic nitrogens is 2. The van der Waals surface area contributed by atoms with Crippen molar-refractivity contribution >= 4 is 22.7 Å². The fourth-order valence-corrected chi connectivity index (χ4v) is 1.70. The number of H-pyrrole nitrogens is 1. The second-order valence-electron chi connectivity index (χ2n) is 4.70. The largest absolute Gasteiger partial charge is 0.399 e. The van der Waals surface area contributed by atoms with E-state index in [1.165, 1.54) is 0 Å². The molecule has 0 fully saturated rings. The van der Waals surface area contributed by atoms with Crippen LogP contribution in [0.15, 0.2) is 18.2 Å². The molecule has 0 amide bonds. The number of nitrogens with one attached hydrogen (secondary N) is 2. The van der Waals surface area contributed by atoms with Crippen LogP contribution in [0.5, 0.6) is 0 Å². The molecule has 0 aliphatic carbocycles. The van der Waals surface area contributed by atoms with Crippen LogP contribution in [0.4, 0.5) is 11.6 Å². The second-order valence-corrected chi connectivity index (χ2v) is 4.70. The lowest BCUT2D eigenvalue weighted by Gasteiger charge is -2.09. The zero-order valence-corrected chi connectivity index (χ0v) is 11.4. The van der Waals surface area contributed by atoms with Gasteiger partial charge in [0, 0.05) is 18.8 Å². The van der Waals surface area contributed by atoms with Gasteiger partial charge in [-0.3, -0.25) is 0 Å². The lowest BCUT2D eigenvalue weighted by Crippen LogP contribution is -2.20. The average molecular weight is 263 g/mol. The molecule has 0 saturated carbocycles. The Morgan fingerprint density at radius 1 is 1.37 bits per heavy atom. The van der Waals surface area contributed by atoms with E-state index >= 15 is 0 Å². The van der Waals surface area contributed by atoms with Gasteiger partial charge in [-0.2, -0.15) is 0 Å². The minimum absolute atomic E-state index is 0.660. The molecule has 0 unspecified atom stereocenters. The summed E-state index contributed by atoms with van der Waals surface area (Å²) in [5, 5.41) is 3.20. The smallest absolute Gasteiger partial charge is 0.201 e. The van der Waals surface area contributed by atoms with E-state index in [0.29, 0.717) is 6.61 Å². The van der Waals surface area contributed by atoms with Gasteiger partial charge in [-0.1, -0.05) is 0 Å². The van der Waals surface area contributed by atoms with Crippen molar-refractivity contribution in [1.82, 2.24) is 14.9 Å². The molecule has 0 atom stereocenters. The summed E-state index contributed by atoms with van der Waals surface area (Å²) in [7, 11) is 4.06. The first-order valence-corrected chi connectivity index (χ1v) is 6.37. The molecule has 2 rings (SSSR count). The van der Waals surface area contributed by atoms with Crippen LogP contribution in [-0.4, -0.2) is 55.3 Å². The maximum atomic E-state index is 5.72. The van der Waals surface area contributed by atoms with E-state index in [-0.39, 0.29) is 0 Å². The Kier molecular flexibility index (Phi) is 4.59. The maximum Gasteiger partial charge on any atom is 0.201 e. The number of nitrogens with two attached hydrogens (primary N) is 1. The zero-order valence-electron chi connectivity index (χ0n) is 11.4.